The molecule has 0 bridgehead atoms. The summed E-state index contributed by atoms with van der Waals surface area (Å²) in [5, 5.41) is 9.14. The maximum atomic E-state index is 12.2. The molecule has 1 rings (SSSR count). The van der Waals surface area contributed by atoms with E-state index in [2.05, 4.69) is 0 Å². The van der Waals surface area contributed by atoms with Crippen LogP contribution in [0.1, 0.15) is 26.7 Å². The topological polar surface area (TPSA) is 66.8 Å². The van der Waals surface area contributed by atoms with E-state index < -0.39 is 12.0 Å². The summed E-state index contributed by atoms with van der Waals surface area (Å²) >= 11 is 0. The molecule has 17 heavy (non-hydrogen) atoms. The van der Waals surface area contributed by atoms with Crippen LogP contribution in [-0.4, -0.2) is 48.2 Å². The van der Waals surface area contributed by atoms with Crippen LogP contribution in [0.15, 0.2) is 0 Å². The summed E-state index contributed by atoms with van der Waals surface area (Å²) in [6.45, 7) is 4.80. The molecule has 0 radical (unpaired) electrons. The van der Waals surface area contributed by atoms with Crippen LogP contribution in [0.25, 0.3) is 0 Å². The molecule has 1 saturated heterocycles. The largest absolute Gasteiger partial charge is 0.480 e. The molecule has 1 amide bonds. The van der Waals surface area contributed by atoms with Gasteiger partial charge in [0.25, 0.3) is 0 Å². The minimum Gasteiger partial charge on any atom is -0.480 e. The van der Waals surface area contributed by atoms with Crippen molar-refractivity contribution in [2.75, 3.05) is 20.3 Å². The first-order valence-corrected chi connectivity index (χ1v) is 6.02. The van der Waals surface area contributed by atoms with E-state index in [0.717, 1.165) is 0 Å². The number of hydrogen-bond donors (Lipinski definition) is 1. The molecule has 0 aromatic heterocycles. The predicted molar refractivity (Wildman–Crippen MR) is 62.6 cm³/mol. The quantitative estimate of drug-likeness (QED) is 0.799. The zero-order valence-electron chi connectivity index (χ0n) is 10.7. The zero-order valence-corrected chi connectivity index (χ0v) is 10.7. The van der Waals surface area contributed by atoms with E-state index in [1.165, 1.54) is 4.90 Å². The third-order valence-corrected chi connectivity index (χ3v) is 3.22. The summed E-state index contributed by atoms with van der Waals surface area (Å²) in [5.74, 6) is -1.20. The highest BCUT2D eigenvalue weighted by Crippen LogP contribution is 2.20. The van der Waals surface area contributed by atoms with Crippen LogP contribution in [0.3, 0.4) is 0 Å². The number of rotatable bonds is 4. The van der Waals surface area contributed by atoms with Gasteiger partial charge in [0.1, 0.15) is 6.04 Å². The smallest absolute Gasteiger partial charge is 0.326 e. The Balaban J connectivity index is 2.68. The van der Waals surface area contributed by atoms with Crippen molar-refractivity contribution in [3.63, 3.8) is 0 Å². The average molecular weight is 243 g/mol. The van der Waals surface area contributed by atoms with E-state index in [4.69, 9.17) is 9.84 Å². The van der Waals surface area contributed by atoms with Gasteiger partial charge >= 0.3 is 5.97 Å². The summed E-state index contributed by atoms with van der Waals surface area (Å²) in [7, 11) is 1.58. The van der Waals surface area contributed by atoms with Crippen molar-refractivity contribution in [3.8, 4) is 0 Å². The second kappa shape index (κ2) is 6.00. The minimum absolute atomic E-state index is 0.0746. The van der Waals surface area contributed by atoms with Crippen LogP contribution in [0.4, 0.5) is 0 Å². The number of carboxylic acid groups (broad SMARTS) is 1. The maximum Gasteiger partial charge on any atom is 0.326 e. The normalized spacial score (nSPS) is 19.1. The van der Waals surface area contributed by atoms with Gasteiger partial charge in [-0.15, -0.1) is 0 Å². The van der Waals surface area contributed by atoms with Gasteiger partial charge < -0.3 is 14.7 Å². The van der Waals surface area contributed by atoms with Crippen molar-refractivity contribution < 1.29 is 19.4 Å². The average Bonchev–Trinajstić information content (AvgIpc) is 2.28. The standard InChI is InChI=1S/C12H21NO4/c1-8(2)10(12(15)16)13(3)11(14)9-4-6-17-7-5-9/h8-10H,4-7H2,1-3H3,(H,15,16). The Morgan fingerprint density at radius 2 is 1.82 bits per heavy atom. The fourth-order valence-corrected chi connectivity index (χ4v) is 2.27. The molecule has 1 aliphatic rings. The summed E-state index contributed by atoms with van der Waals surface area (Å²) in [4.78, 5) is 24.7. The third-order valence-electron chi connectivity index (χ3n) is 3.22. The lowest BCUT2D eigenvalue weighted by Gasteiger charge is -2.32. The van der Waals surface area contributed by atoms with Gasteiger partial charge in [-0.25, -0.2) is 4.79 Å². The number of carbonyl (C=O) groups excluding carboxylic acids is 1. The Kier molecular flexibility index (Phi) is 4.93. The van der Waals surface area contributed by atoms with E-state index in [1.54, 1.807) is 7.05 Å². The highest BCUT2D eigenvalue weighted by Gasteiger charge is 2.33. The second-order valence-corrected chi connectivity index (χ2v) is 4.86. The Morgan fingerprint density at radius 3 is 2.24 bits per heavy atom. The zero-order chi connectivity index (χ0) is 13.0. The first kappa shape index (κ1) is 14.0. The lowest BCUT2D eigenvalue weighted by Crippen LogP contribution is -2.48. The predicted octanol–water partition coefficient (Wildman–Crippen LogP) is 0.981. The molecule has 1 fully saturated rings. The molecule has 1 N–H and O–H groups in total. The molecule has 0 aromatic rings. The monoisotopic (exact) mass is 243 g/mol. The fraction of sp³-hybridized carbons (Fsp3) is 0.833. The Morgan fingerprint density at radius 1 is 1.29 bits per heavy atom. The van der Waals surface area contributed by atoms with E-state index >= 15 is 0 Å². The first-order chi connectivity index (χ1) is 7.95. The molecule has 0 spiro atoms. The van der Waals surface area contributed by atoms with Crippen LogP contribution in [-0.2, 0) is 14.3 Å². The summed E-state index contributed by atoms with van der Waals surface area (Å²) in [6, 6.07) is -0.745. The molecule has 98 valence electrons. The Hall–Kier alpha value is -1.10. The van der Waals surface area contributed by atoms with Gasteiger partial charge in [-0.3, -0.25) is 4.79 Å². The summed E-state index contributed by atoms with van der Waals surface area (Å²) in [5.41, 5.74) is 0. The van der Waals surface area contributed by atoms with E-state index in [-0.39, 0.29) is 17.7 Å². The first-order valence-electron chi connectivity index (χ1n) is 6.02. The Bertz CT molecular complexity index is 284. The van der Waals surface area contributed by atoms with Gasteiger partial charge in [-0.2, -0.15) is 0 Å². The number of hydrogen-bond acceptors (Lipinski definition) is 3. The maximum absolute atomic E-state index is 12.2. The fourth-order valence-electron chi connectivity index (χ4n) is 2.27. The van der Waals surface area contributed by atoms with Crippen molar-refractivity contribution in [1.82, 2.24) is 4.90 Å². The van der Waals surface area contributed by atoms with Gasteiger partial charge in [0, 0.05) is 26.2 Å². The molecule has 1 unspecified atom stereocenters. The van der Waals surface area contributed by atoms with Gasteiger partial charge in [0.15, 0.2) is 0 Å². The lowest BCUT2D eigenvalue weighted by molar-refractivity contribution is -0.153. The molecule has 5 nitrogen and oxygen atoms in total. The molecule has 0 saturated carbocycles. The van der Waals surface area contributed by atoms with E-state index in [0.29, 0.717) is 26.1 Å². The van der Waals surface area contributed by atoms with Crippen LogP contribution < -0.4 is 0 Å². The molecule has 0 aromatic carbocycles. The van der Waals surface area contributed by atoms with Crippen molar-refractivity contribution in [2.45, 2.75) is 32.7 Å². The molecular weight excluding hydrogens is 222 g/mol. The number of amides is 1. The molecule has 0 aliphatic carbocycles. The van der Waals surface area contributed by atoms with Crippen molar-refractivity contribution in [2.24, 2.45) is 11.8 Å². The highest BCUT2D eigenvalue weighted by molar-refractivity contribution is 5.85. The van der Waals surface area contributed by atoms with Crippen molar-refractivity contribution in [3.05, 3.63) is 0 Å². The lowest BCUT2D eigenvalue weighted by atomic mass is 9.96. The van der Waals surface area contributed by atoms with Crippen LogP contribution in [0, 0.1) is 11.8 Å². The highest BCUT2D eigenvalue weighted by atomic mass is 16.5. The molecule has 1 atom stereocenters. The minimum atomic E-state index is -0.942. The van der Waals surface area contributed by atoms with Crippen LogP contribution in [0.5, 0.6) is 0 Å². The number of likely N-dealkylation sites (N-methyl/N-ethyl adjacent to an activating group) is 1. The summed E-state index contributed by atoms with van der Waals surface area (Å²) in [6.07, 6.45) is 1.38. The number of aliphatic carboxylic acids is 1. The molecular formula is C12H21NO4. The second-order valence-electron chi connectivity index (χ2n) is 4.86. The van der Waals surface area contributed by atoms with Crippen LogP contribution in [0.2, 0.25) is 0 Å². The number of ether oxygens (including phenoxy) is 1. The van der Waals surface area contributed by atoms with Crippen molar-refractivity contribution in [1.29, 1.82) is 0 Å². The van der Waals surface area contributed by atoms with Crippen molar-refractivity contribution >= 4 is 11.9 Å². The Labute approximate surface area is 102 Å². The van der Waals surface area contributed by atoms with Gasteiger partial charge in [-0.05, 0) is 18.8 Å². The molecule has 1 aliphatic heterocycles. The van der Waals surface area contributed by atoms with Gasteiger partial charge in [0.05, 0.1) is 0 Å². The van der Waals surface area contributed by atoms with Gasteiger partial charge in [0.2, 0.25) is 5.91 Å². The van der Waals surface area contributed by atoms with Gasteiger partial charge in [-0.1, -0.05) is 13.8 Å². The number of carbonyl (C=O) groups is 2. The third kappa shape index (κ3) is 3.43. The van der Waals surface area contributed by atoms with Crippen LogP contribution >= 0.6 is 0 Å². The SMILES string of the molecule is CC(C)C(C(=O)O)N(C)C(=O)C1CCOCC1. The number of nitrogens with zero attached hydrogens (tertiary/aromatic N) is 1. The van der Waals surface area contributed by atoms with E-state index in [1.807, 2.05) is 13.8 Å². The molecule has 1 heterocycles. The van der Waals surface area contributed by atoms with E-state index in [9.17, 15) is 9.59 Å². The number of carboxylic acids is 1. The molecule has 5 heteroatoms. The summed E-state index contributed by atoms with van der Waals surface area (Å²) < 4.78 is 5.20.